The Bertz CT molecular complexity index is 1060. The highest BCUT2D eigenvalue weighted by Crippen LogP contribution is 2.23. The summed E-state index contributed by atoms with van der Waals surface area (Å²) in [5.74, 6) is 2.54. The second-order valence-corrected chi connectivity index (χ2v) is 6.42. The second kappa shape index (κ2) is 8.05. The van der Waals surface area contributed by atoms with Gasteiger partial charge in [-0.15, -0.1) is 0 Å². The van der Waals surface area contributed by atoms with Crippen LogP contribution in [0, 0.1) is 6.92 Å². The van der Waals surface area contributed by atoms with Crippen molar-refractivity contribution in [3.8, 4) is 28.7 Å². The number of aromatic nitrogens is 3. The number of nitrogens with zero attached hydrogens (tertiary/aromatic N) is 3. The number of benzene rings is 2. The third kappa shape index (κ3) is 3.93. The molecule has 0 amide bonds. The zero-order valence-corrected chi connectivity index (χ0v) is 15.9. The van der Waals surface area contributed by atoms with E-state index in [1.54, 1.807) is 0 Å². The van der Waals surface area contributed by atoms with Crippen LogP contribution in [-0.4, -0.2) is 15.0 Å². The second-order valence-electron chi connectivity index (χ2n) is 6.42. The molecular formula is C23H21N3O2. The van der Waals surface area contributed by atoms with E-state index in [9.17, 15) is 0 Å². The topological polar surface area (TPSA) is 61.0 Å². The summed E-state index contributed by atoms with van der Waals surface area (Å²) in [5, 5.41) is 0. The average molecular weight is 371 g/mol. The molecule has 0 spiro atoms. The molecule has 2 aromatic heterocycles. The highest BCUT2D eigenvalue weighted by molar-refractivity contribution is 5.55. The first-order valence-corrected chi connectivity index (χ1v) is 9.31. The Morgan fingerprint density at radius 2 is 1.54 bits per heavy atom. The summed E-state index contributed by atoms with van der Waals surface area (Å²) in [4.78, 5) is 13.8. The van der Waals surface area contributed by atoms with Crippen LogP contribution in [0.1, 0.15) is 24.1 Å². The van der Waals surface area contributed by atoms with Crippen molar-refractivity contribution in [2.45, 2.75) is 26.9 Å². The predicted octanol–water partition coefficient (Wildman–Crippen LogP) is 5.25. The molecule has 0 aliphatic rings. The molecule has 140 valence electrons. The Morgan fingerprint density at radius 3 is 2.21 bits per heavy atom. The van der Waals surface area contributed by atoms with Gasteiger partial charge in [-0.1, -0.05) is 55.5 Å². The van der Waals surface area contributed by atoms with Crippen LogP contribution in [0.25, 0.3) is 22.8 Å². The van der Waals surface area contributed by atoms with Crippen LogP contribution < -0.4 is 4.74 Å². The molecule has 2 heterocycles. The molecule has 0 aliphatic carbocycles. The molecule has 0 saturated heterocycles. The first-order chi connectivity index (χ1) is 13.7. The van der Waals surface area contributed by atoms with Crippen LogP contribution >= 0.6 is 0 Å². The van der Waals surface area contributed by atoms with Crippen molar-refractivity contribution in [1.29, 1.82) is 0 Å². The molecule has 0 unspecified atom stereocenters. The third-order valence-corrected chi connectivity index (χ3v) is 4.42. The Kier molecular flexibility index (Phi) is 5.15. The van der Waals surface area contributed by atoms with E-state index in [0.717, 1.165) is 34.7 Å². The van der Waals surface area contributed by atoms with Gasteiger partial charge in [0.15, 0.2) is 5.82 Å². The fraction of sp³-hybridized carbons (Fsp3) is 0.174. The van der Waals surface area contributed by atoms with Gasteiger partial charge in [-0.3, -0.25) is 0 Å². The van der Waals surface area contributed by atoms with Gasteiger partial charge in [0.2, 0.25) is 11.8 Å². The largest absolute Gasteiger partial charge is 0.471 e. The van der Waals surface area contributed by atoms with E-state index in [4.69, 9.17) is 9.15 Å². The average Bonchev–Trinajstić information content (AvgIpc) is 3.14. The lowest BCUT2D eigenvalue weighted by atomic mass is 10.2. The first kappa shape index (κ1) is 17.9. The van der Waals surface area contributed by atoms with E-state index in [0.29, 0.717) is 17.6 Å². The molecule has 5 nitrogen and oxygen atoms in total. The molecule has 5 heteroatoms. The minimum Gasteiger partial charge on any atom is -0.471 e. The molecule has 0 saturated carbocycles. The highest BCUT2D eigenvalue weighted by Gasteiger charge is 2.13. The number of oxazole rings is 1. The maximum absolute atomic E-state index is 5.95. The number of hydrogen-bond acceptors (Lipinski definition) is 5. The molecule has 28 heavy (non-hydrogen) atoms. The van der Waals surface area contributed by atoms with Crippen LogP contribution in [0.3, 0.4) is 0 Å². The minimum atomic E-state index is 0.288. The normalized spacial score (nSPS) is 10.8. The molecule has 2 aromatic carbocycles. The summed E-state index contributed by atoms with van der Waals surface area (Å²) >= 11 is 0. The Hall–Kier alpha value is -3.47. The van der Waals surface area contributed by atoms with Gasteiger partial charge >= 0.3 is 0 Å². The maximum atomic E-state index is 5.95. The van der Waals surface area contributed by atoms with Crippen LogP contribution in [0.15, 0.2) is 71.1 Å². The smallest absolute Gasteiger partial charge is 0.226 e. The van der Waals surface area contributed by atoms with Crippen molar-refractivity contribution in [2.75, 3.05) is 0 Å². The van der Waals surface area contributed by atoms with Crippen LogP contribution in [0.2, 0.25) is 0 Å². The zero-order valence-electron chi connectivity index (χ0n) is 15.9. The van der Waals surface area contributed by atoms with Gasteiger partial charge in [0.1, 0.15) is 18.1 Å². The monoisotopic (exact) mass is 371 g/mol. The summed E-state index contributed by atoms with van der Waals surface area (Å²) < 4.78 is 11.8. The van der Waals surface area contributed by atoms with Gasteiger partial charge in [0.25, 0.3) is 0 Å². The first-order valence-electron chi connectivity index (χ1n) is 9.31. The number of rotatable bonds is 6. The number of aryl methyl sites for hydroxylation is 2. The number of ether oxygens (including phenoxy) is 1. The van der Waals surface area contributed by atoms with Gasteiger partial charge in [0, 0.05) is 22.9 Å². The fourth-order valence-corrected chi connectivity index (χ4v) is 2.85. The van der Waals surface area contributed by atoms with E-state index in [1.807, 2.05) is 73.7 Å². The fourth-order valence-electron chi connectivity index (χ4n) is 2.85. The van der Waals surface area contributed by atoms with Crippen LogP contribution in [-0.2, 0) is 13.0 Å². The van der Waals surface area contributed by atoms with E-state index >= 15 is 0 Å². The third-order valence-electron chi connectivity index (χ3n) is 4.42. The number of hydrogen-bond donors (Lipinski definition) is 0. The molecule has 0 radical (unpaired) electrons. The molecule has 4 aromatic rings. The van der Waals surface area contributed by atoms with Gasteiger partial charge in [-0.25, -0.2) is 9.97 Å². The SMILES string of the molecule is CCc1cc(OCc2nc(-c3ccccc3)oc2C)nc(-c2ccccc2)n1. The van der Waals surface area contributed by atoms with Gasteiger partial charge < -0.3 is 9.15 Å². The molecule has 0 N–H and O–H groups in total. The Morgan fingerprint density at radius 1 is 0.857 bits per heavy atom. The van der Waals surface area contributed by atoms with E-state index in [1.165, 1.54) is 0 Å². The van der Waals surface area contributed by atoms with Crippen molar-refractivity contribution in [2.24, 2.45) is 0 Å². The molecular weight excluding hydrogens is 350 g/mol. The molecule has 0 aliphatic heterocycles. The molecule has 4 rings (SSSR count). The molecule has 0 bridgehead atoms. The van der Waals surface area contributed by atoms with E-state index in [2.05, 4.69) is 21.9 Å². The summed E-state index contributed by atoms with van der Waals surface area (Å²) in [6, 6.07) is 21.6. The van der Waals surface area contributed by atoms with Crippen molar-refractivity contribution in [1.82, 2.24) is 15.0 Å². The quantitative estimate of drug-likeness (QED) is 0.463. The summed E-state index contributed by atoms with van der Waals surface area (Å²) in [6.07, 6.45) is 0.805. The van der Waals surface area contributed by atoms with Gasteiger partial charge in [0.05, 0.1) is 0 Å². The lowest BCUT2D eigenvalue weighted by Crippen LogP contribution is -2.03. The summed E-state index contributed by atoms with van der Waals surface area (Å²) in [7, 11) is 0. The van der Waals surface area contributed by atoms with E-state index < -0.39 is 0 Å². The lowest BCUT2D eigenvalue weighted by Gasteiger charge is -2.08. The van der Waals surface area contributed by atoms with Gasteiger partial charge in [-0.05, 0) is 25.5 Å². The Labute approximate surface area is 164 Å². The van der Waals surface area contributed by atoms with Crippen molar-refractivity contribution >= 4 is 0 Å². The van der Waals surface area contributed by atoms with E-state index in [-0.39, 0.29) is 6.61 Å². The zero-order chi connectivity index (χ0) is 19.3. The highest BCUT2D eigenvalue weighted by atomic mass is 16.5. The summed E-state index contributed by atoms with van der Waals surface area (Å²) in [5.41, 5.74) is 3.60. The van der Waals surface area contributed by atoms with Crippen LogP contribution in [0.4, 0.5) is 0 Å². The standard InChI is InChI=1S/C23H21N3O2/c1-3-19-14-21(26-22(24-19)17-10-6-4-7-11-17)27-15-20-16(2)28-23(25-20)18-12-8-5-9-13-18/h4-14H,3,15H2,1-2H3. The predicted molar refractivity (Wildman–Crippen MR) is 108 cm³/mol. The van der Waals surface area contributed by atoms with Crippen molar-refractivity contribution < 1.29 is 9.15 Å². The van der Waals surface area contributed by atoms with Crippen LogP contribution in [0.5, 0.6) is 5.88 Å². The Balaban J connectivity index is 1.56. The minimum absolute atomic E-state index is 0.288. The summed E-state index contributed by atoms with van der Waals surface area (Å²) in [6.45, 7) is 4.25. The van der Waals surface area contributed by atoms with Crippen molar-refractivity contribution in [3.05, 3.63) is 83.9 Å². The maximum Gasteiger partial charge on any atom is 0.226 e. The van der Waals surface area contributed by atoms with Crippen molar-refractivity contribution in [3.63, 3.8) is 0 Å². The molecule has 0 atom stereocenters. The van der Waals surface area contributed by atoms with Gasteiger partial charge in [-0.2, -0.15) is 4.98 Å². The lowest BCUT2D eigenvalue weighted by molar-refractivity contribution is 0.287. The molecule has 0 fully saturated rings.